The lowest BCUT2D eigenvalue weighted by atomic mass is 10.1. The molecule has 142 valence electrons. The van der Waals surface area contributed by atoms with E-state index >= 15 is 0 Å². The molecular weight excluding hydrogens is 354 g/mol. The summed E-state index contributed by atoms with van der Waals surface area (Å²) < 4.78 is 7.76. The number of aromatic nitrogens is 3. The number of nitrogens with one attached hydrogen (secondary N) is 1. The van der Waals surface area contributed by atoms with Gasteiger partial charge >= 0.3 is 0 Å². The molecule has 0 fully saturated rings. The Morgan fingerprint density at radius 1 is 1.18 bits per heavy atom. The molecule has 0 aliphatic heterocycles. The molecule has 4 rings (SSSR count). The molecule has 0 radical (unpaired) electrons. The summed E-state index contributed by atoms with van der Waals surface area (Å²) in [7, 11) is 0. The molecule has 1 atom stereocenters. The summed E-state index contributed by atoms with van der Waals surface area (Å²) in [5, 5.41) is 11.4. The van der Waals surface area contributed by atoms with E-state index in [-0.39, 0.29) is 12.2 Å². The number of aryl methyl sites for hydroxylation is 1. The first-order chi connectivity index (χ1) is 13.6. The Balaban J connectivity index is 1.45. The van der Waals surface area contributed by atoms with E-state index in [1.165, 1.54) is 6.07 Å². The normalized spacial score (nSPS) is 12.2. The van der Waals surface area contributed by atoms with Crippen LogP contribution in [0.4, 0.5) is 0 Å². The SMILES string of the molecule is Cc1ccn(-c2ccccn2)c1CC(O)COc1ccc2[nH]c(=O)ccc2c1. The summed E-state index contributed by atoms with van der Waals surface area (Å²) in [6.45, 7) is 2.19. The van der Waals surface area contributed by atoms with Gasteiger partial charge in [-0.15, -0.1) is 0 Å². The minimum absolute atomic E-state index is 0.136. The first kappa shape index (κ1) is 18.0. The number of aromatic amines is 1. The molecule has 6 nitrogen and oxygen atoms in total. The van der Waals surface area contributed by atoms with Crippen LogP contribution in [0.1, 0.15) is 11.3 Å². The number of ether oxygens (including phenoxy) is 1. The molecule has 0 amide bonds. The number of benzene rings is 1. The van der Waals surface area contributed by atoms with E-state index in [2.05, 4.69) is 9.97 Å². The minimum atomic E-state index is -0.665. The highest BCUT2D eigenvalue weighted by Crippen LogP contribution is 2.20. The predicted molar refractivity (Wildman–Crippen MR) is 108 cm³/mol. The van der Waals surface area contributed by atoms with E-state index < -0.39 is 6.10 Å². The van der Waals surface area contributed by atoms with Gasteiger partial charge in [-0.1, -0.05) is 6.07 Å². The van der Waals surface area contributed by atoms with E-state index in [0.29, 0.717) is 12.2 Å². The topological polar surface area (TPSA) is 80.1 Å². The maximum atomic E-state index is 11.4. The Labute approximate surface area is 162 Å². The van der Waals surface area contributed by atoms with Crippen LogP contribution in [0.2, 0.25) is 0 Å². The summed E-state index contributed by atoms with van der Waals surface area (Å²) in [4.78, 5) is 18.5. The number of pyridine rings is 2. The van der Waals surface area contributed by atoms with Crippen molar-refractivity contribution in [3.8, 4) is 11.6 Å². The van der Waals surface area contributed by atoms with Crippen LogP contribution in [0.25, 0.3) is 16.7 Å². The largest absolute Gasteiger partial charge is 0.491 e. The highest BCUT2D eigenvalue weighted by molar-refractivity contribution is 5.79. The molecule has 0 bridgehead atoms. The summed E-state index contributed by atoms with van der Waals surface area (Å²) in [5.74, 6) is 1.47. The Kier molecular flexibility index (Phi) is 4.95. The number of hydrogen-bond donors (Lipinski definition) is 2. The van der Waals surface area contributed by atoms with E-state index in [0.717, 1.165) is 28.0 Å². The van der Waals surface area contributed by atoms with Crippen molar-refractivity contribution in [3.05, 3.63) is 88.6 Å². The first-order valence-electron chi connectivity index (χ1n) is 9.12. The van der Waals surface area contributed by atoms with Gasteiger partial charge in [0.15, 0.2) is 0 Å². The fourth-order valence-electron chi connectivity index (χ4n) is 3.23. The Bertz CT molecular complexity index is 1150. The lowest BCUT2D eigenvalue weighted by Crippen LogP contribution is -2.22. The molecule has 0 saturated carbocycles. The molecular formula is C22H21N3O3. The van der Waals surface area contributed by atoms with Crippen LogP contribution in [0, 0.1) is 6.92 Å². The standard InChI is InChI=1S/C22H21N3O3/c1-15-9-11-25(21-4-2-3-10-23-21)20(15)13-17(26)14-28-18-6-7-19-16(12-18)5-8-22(27)24-19/h2-12,17,26H,13-14H2,1H3,(H,24,27). The molecule has 0 aliphatic carbocycles. The molecule has 1 aromatic carbocycles. The average molecular weight is 375 g/mol. The van der Waals surface area contributed by atoms with Crippen LogP contribution >= 0.6 is 0 Å². The molecule has 4 aromatic rings. The zero-order valence-electron chi connectivity index (χ0n) is 15.5. The fourth-order valence-corrected chi connectivity index (χ4v) is 3.23. The lowest BCUT2D eigenvalue weighted by molar-refractivity contribution is 0.106. The van der Waals surface area contributed by atoms with E-state index in [1.54, 1.807) is 24.4 Å². The van der Waals surface area contributed by atoms with E-state index in [4.69, 9.17) is 4.74 Å². The molecule has 28 heavy (non-hydrogen) atoms. The maximum absolute atomic E-state index is 11.4. The van der Waals surface area contributed by atoms with Crippen molar-refractivity contribution in [2.75, 3.05) is 6.61 Å². The van der Waals surface area contributed by atoms with Crippen LogP contribution in [0.3, 0.4) is 0 Å². The second kappa shape index (κ2) is 7.70. The zero-order chi connectivity index (χ0) is 19.5. The summed E-state index contributed by atoms with van der Waals surface area (Å²) in [6.07, 6.45) is 3.50. The third-order valence-corrected chi connectivity index (χ3v) is 4.68. The molecule has 6 heteroatoms. The third-order valence-electron chi connectivity index (χ3n) is 4.68. The van der Waals surface area contributed by atoms with Gasteiger partial charge in [-0.05, 0) is 55.0 Å². The molecule has 0 spiro atoms. The van der Waals surface area contributed by atoms with Crippen molar-refractivity contribution in [2.45, 2.75) is 19.4 Å². The van der Waals surface area contributed by atoms with Crippen molar-refractivity contribution >= 4 is 10.9 Å². The van der Waals surface area contributed by atoms with Gasteiger partial charge in [0.05, 0.1) is 6.10 Å². The monoisotopic (exact) mass is 375 g/mol. The van der Waals surface area contributed by atoms with Crippen molar-refractivity contribution in [1.82, 2.24) is 14.5 Å². The number of aliphatic hydroxyl groups is 1. The van der Waals surface area contributed by atoms with E-state index in [9.17, 15) is 9.90 Å². The fraction of sp³-hybridized carbons (Fsp3) is 0.182. The van der Waals surface area contributed by atoms with E-state index in [1.807, 2.05) is 48.0 Å². The number of aliphatic hydroxyl groups excluding tert-OH is 1. The number of rotatable bonds is 6. The molecule has 1 unspecified atom stereocenters. The van der Waals surface area contributed by atoms with Crippen LogP contribution in [0.15, 0.2) is 71.8 Å². The highest BCUT2D eigenvalue weighted by Gasteiger charge is 2.14. The van der Waals surface area contributed by atoms with Gasteiger partial charge in [-0.25, -0.2) is 4.98 Å². The van der Waals surface area contributed by atoms with Crippen LogP contribution in [-0.4, -0.2) is 32.4 Å². The second-order valence-corrected chi connectivity index (χ2v) is 6.74. The van der Waals surface area contributed by atoms with Crippen molar-refractivity contribution in [2.24, 2.45) is 0 Å². The summed E-state index contributed by atoms with van der Waals surface area (Å²) >= 11 is 0. The Morgan fingerprint density at radius 2 is 2.07 bits per heavy atom. The summed E-state index contributed by atoms with van der Waals surface area (Å²) in [6, 6.07) is 16.4. The molecule has 3 aromatic heterocycles. The number of fused-ring (bicyclic) bond motifs is 1. The lowest BCUT2D eigenvalue weighted by Gasteiger charge is -2.15. The molecule has 0 saturated heterocycles. The Hall–Kier alpha value is -3.38. The first-order valence-corrected chi connectivity index (χ1v) is 9.12. The molecule has 2 N–H and O–H groups in total. The van der Waals surface area contributed by atoms with Gasteiger partial charge < -0.3 is 19.4 Å². The number of H-pyrrole nitrogens is 1. The van der Waals surface area contributed by atoms with Gasteiger partial charge in [0.25, 0.3) is 0 Å². The van der Waals surface area contributed by atoms with Crippen molar-refractivity contribution < 1.29 is 9.84 Å². The number of nitrogens with zero attached hydrogens (tertiary/aromatic N) is 2. The third kappa shape index (κ3) is 3.82. The smallest absolute Gasteiger partial charge is 0.248 e. The van der Waals surface area contributed by atoms with Gasteiger partial charge in [-0.3, -0.25) is 4.79 Å². The van der Waals surface area contributed by atoms with Gasteiger partial charge in [-0.2, -0.15) is 0 Å². The maximum Gasteiger partial charge on any atom is 0.248 e. The molecule has 3 heterocycles. The minimum Gasteiger partial charge on any atom is -0.491 e. The predicted octanol–water partition coefficient (Wildman–Crippen LogP) is 3.00. The molecule has 0 aliphatic rings. The highest BCUT2D eigenvalue weighted by atomic mass is 16.5. The quantitative estimate of drug-likeness (QED) is 0.543. The van der Waals surface area contributed by atoms with Crippen molar-refractivity contribution in [1.29, 1.82) is 0 Å². The van der Waals surface area contributed by atoms with Gasteiger partial charge in [0, 0.05) is 41.5 Å². The van der Waals surface area contributed by atoms with Crippen LogP contribution in [0.5, 0.6) is 5.75 Å². The summed E-state index contributed by atoms with van der Waals surface area (Å²) in [5.41, 5.74) is 2.72. The van der Waals surface area contributed by atoms with Gasteiger partial charge in [0.2, 0.25) is 5.56 Å². The Morgan fingerprint density at radius 3 is 2.89 bits per heavy atom. The van der Waals surface area contributed by atoms with Crippen LogP contribution < -0.4 is 10.3 Å². The average Bonchev–Trinajstić information content (AvgIpc) is 3.07. The van der Waals surface area contributed by atoms with Crippen LogP contribution in [-0.2, 0) is 6.42 Å². The van der Waals surface area contributed by atoms with Crippen molar-refractivity contribution in [3.63, 3.8) is 0 Å². The second-order valence-electron chi connectivity index (χ2n) is 6.74. The zero-order valence-corrected chi connectivity index (χ0v) is 15.5. The van der Waals surface area contributed by atoms with Gasteiger partial charge in [0.1, 0.15) is 18.2 Å². The number of hydrogen-bond acceptors (Lipinski definition) is 4.